The molecule has 0 aliphatic carbocycles. The van der Waals surface area contributed by atoms with E-state index in [1.165, 1.54) is 6.07 Å². The van der Waals surface area contributed by atoms with E-state index in [-0.39, 0.29) is 11.7 Å². The van der Waals surface area contributed by atoms with E-state index >= 15 is 0 Å². The van der Waals surface area contributed by atoms with Gasteiger partial charge in [0.25, 0.3) is 0 Å². The number of halogens is 2. The molecule has 0 spiro atoms. The van der Waals surface area contributed by atoms with Crippen LogP contribution in [-0.4, -0.2) is 29.1 Å². The average Bonchev–Trinajstić information content (AvgIpc) is 2.34. The van der Waals surface area contributed by atoms with Crippen LogP contribution in [0.4, 0.5) is 4.39 Å². The number of carbonyl (C=O) groups is 1. The molecule has 0 amide bonds. The summed E-state index contributed by atoms with van der Waals surface area (Å²) in [5.74, 6) is -1.33. The van der Waals surface area contributed by atoms with Gasteiger partial charge in [-0.25, -0.2) is 4.39 Å². The maximum absolute atomic E-state index is 13.7. The van der Waals surface area contributed by atoms with E-state index in [0.717, 1.165) is 17.4 Å². The molecule has 2 rings (SSSR count). The van der Waals surface area contributed by atoms with Gasteiger partial charge in [0.05, 0.1) is 5.92 Å². The quantitative estimate of drug-likeness (QED) is 0.932. The Morgan fingerprint density at radius 3 is 3.00 bits per heavy atom. The molecule has 1 fully saturated rings. The highest BCUT2D eigenvalue weighted by Crippen LogP contribution is 2.24. The first-order chi connectivity index (χ1) is 8.58. The lowest BCUT2D eigenvalue weighted by Crippen LogP contribution is -2.38. The molecule has 3 nitrogen and oxygen atoms in total. The first kappa shape index (κ1) is 13.5. The number of piperidine rings is 1. The second kappa shape index (κ2) is 5.80. The lowest BCUT2D eigenvalue weighted by Gasteiger charge is -2.30. The molecule has 5 heteroatoms. The van der Waals surface area contributed by atoms with Gasteiger partial charge >= 0.3 is 5.97 Å². The molecule has 1 aliphatic rings. The molecule has 1 aromatic carbocycles. The molecular formula is C13H15BrFNO2. The number of carboxylic acid groups (broad SMARTS) is 1. The van der Waals surface area contributed by atoms with Gasteiger partial charge in [-0.05, 0) is 31.5 Å². The Morgan fingerprint density at radius 2 is 2.33 bits per heavy atom. The molecule has 0 bridgehead atoms. The maximum Gasteiger partial charge on any atom is 0.307 e. The van der Waals surface area contributed by atoms with Gasteiger partial charge in [0.1, 0.15) is 5.82 Å². The molecule has 0 aromatic heterocycles. The van der Waals surface area contributed by atoms with E-state index in [1.54, 1.807) is 12.1 Å². The van der Waals surface area contributed by atoms with Gasteiger partial charge in [0.2, 0.25) is 0 Å². The van der Waals surface area contributed by atoms with Gasteiger partial charge in [0, 0.05) is 23.1 Å². The molecule has 1 atom stereocenters. The van der Waals surface area contributed by atoms with Crippen molar-refractivity contribution in [1.82, 2.24) is 4.90 Å². The van der Waals surface area contributed by atoms with E-state index in [4.69, 9.17) is 5.11 Å². The Hall–Kier alpha value is -0.940. The van der Waals surface area contributed by atoms with Crippen molar-refractivity contribution in [3.8, 4) is 0 Å². The smallest absolute Gasteiger partial charge is 0.307 e. The minimum absolute atomic E-state index is 0.248. The van der Waals surface area contributed by atoms with E-state index in [0.29, 0.717) is 25.1 Å². The molecule has 1 N–H and O–H groups in total. The van der Waals surface area contributed by atoms with Crippen LogP contribution in [0, 0.1) is 11.7 Å². The Kier molecular flexibility index (Phi) is 4.35. The third-order valence-electron chi connectivity index (χ3n) is 3.30. The van der Waals surface area contributed by atoms with Crippen molar-refractivity contribution in [2.24, 2.45) is 5.92 Å². The summed E-state index contributed by atoms with van der Waals surface area (Å²) in [6.45, 7) is 1.78. The van der Waals surface area contributed by atoms with Crippen molar-refractivity contribution in [2.75, 3.05) is 13.1 Å². The maximum atomic E-state index is 13.7. The van der Waals surface area contributed by atoms with Crippen LogP contribution in [0.25, 0.3) is 0 Å². The highest BCUT2D eigenvalue weighted by atomic mass is 79.9. The van der Waals surface area contributed by atoms with Crippen LogP contribution in [0.3, 0.4) is 0 Å². The van der Waals surface area contributed by atoms with Crippen LogP contribution < -0.4 is 0 Å². The topological polar surface area (TPSA) is 40.5 Å². The highest BCUT2D eigenvalue weighted by molar-refractivity contribution is 9.10. The van der Waals surface area contributed by atoms with Crippen molar-refractivity contribution >= 4 is 21.9 Å². The van der Waals surface area contributed by atoms with E-state index in [2.05, 4.69) is 15.9 Å². The number of aliphatic carboxylic acids is 1. The lowest BCUT2D eigenvalue weighted by molar-refractivity contribution is -0.143. The summed E-state index contributed by atoms with van der Waals surface area (Å²) in [6.07, 6.45) is 1.56. The zero-order valence-corrected chi connectivity index (χ0v) is 11.5. The zero-order valence-electron chi connectivity index (χ0n) is 9.90. The fourth-order valence-corrected chi connectivity index (χ4v) is 2.78. The standard InChI is InChI=1S/C13H15BrFNO2/c14-11-4-1-5-12(15)10(11)8-16-6-2-3-9(7-16)13(17)18/h1,4-5,9H,2-3,6-8H2,(H,17,18). The molecular weight excluding hydrogens is 301 g/mol. The minimum Gasteiger partial charge on any atom is -0.481 e. The van der Waals surface area contributed by atoms with Gasteiger partial charge < -0.3 is 5.11 Å². The van der Waals surface area contributed by atoms with Crippen LogP contribution in [-0.2, 0) is 11.3 Å². The van der Waals surface area contributed by atoms with Crippen LogP contribution in [0.2, 0.25) is 0 Å². The molecule has 1 aliphatic heterocycles. The monoisotopic (exact) mass is 315 g/mol. The average molecular weight is 316 g/mol. The molecule has 1 heterocycles. The summed E-state index contributed by atoms with van der Waals surface area (Å²) in [5, 5.41) is 9.02. The minimum atomic E-state index is -0.757. The van der Waals surface area contributed by atoms with Gasteiger partial charge in [-0.1, -0.05) is 22.0 Å². The Labute approximate surface area is 114 Å². The Bertz CT molecular complexity index is 432. The predicted octanol–water partition coefficient (Wildman–Crippen LogP) is 2.88. The summed E-state index contributed by atoms with van der Waals surface area (Å²) < 4.78 is 14.4. The zero-order chi connectivity index (χ0) is 13.1. The van der Waals surface area contributed by atoms with Crippen molar-refractivity contribution in [3.05, 3.63) is 34.1 Å². The van der Waals surface area contributed by atoms with Gasteiger partial charge in [-0.3, -0.25) is 9.69 Å². The van der Waals surface area contributed by atoms with E-state index in [1.807, 2.05) is 4.90 Å². The summed E-state index contributed by atoms with van der Waals surface area (Å²) in [6, 6.07) is 4.88. The molecule has 0 saturated carbocycles. The summed E-state index contributed by atoms with van der Waals surface area (Å²) >= 11 is 3.33. The molecule has 98 valence electrons. The van der Waals surface area contributed by atoms with E-state index < -0.39 is 5.97 Å². The molecule has 1 unspecified atom stereocenters. The van der Waals surface area contributed by atoms with Crippen LogP contribution in [0.1, 0.15) is 18.4 Å². The normalized spacial score (nSPS) is 20.9. The third-order valence-corrected chi connectivity index (χ3v) is 4.04. The molecule has 0 radical (unpaired) electrons. The largest absolute Gasteiger partial charge is 0.481 e. The fourth-order valence-electron chi connectivity index (χ4n) is 2.31. The van der Waals surface area contributed by atoms with E-state index in [9.17, 15) is 9.18 Å². The second-order valence-electron chi connectivity index (χ2n) is 4.61. The summed E-state index contributed by atoms with van der Waals surface area (Å²) in [7, 11) is 0. The SMILES string of the molecule is O=C(O)C1CCCN(Cc2c(F)cccc2Br)C1. The Balaban J connectivity index is 2.07. The second-order valence-corrected chi connectivity index (χ2v) is 5.47. The lowest BCUT2D eigenvalue weighted by atomic mass is 9.98. The van der Waals surface area contributed by atoms with Crippen molar-refractivity contribution in [2.45, 2.75) is 19.4 Å². The Morgan fingerprint density at radius 1 is 1.56 bits per heavy atom. The van der Waals surface area contributed by atoms with Crippen LogP contribution in [0.5, 0.6) is 0 Å². The van der Waals surface area contributed by atoms with Gasteiger partial charge in [0.15, 0.2) is 0 Å². The summed E-state index contributed by atoms with van der Waals surface area (Å²) in [5.41, 5.74) is 0.600. The van der Waals surface area contributed by atoms with Crippen LogP contribution >= 0.6 is 15.9 Å². The molecule has 1 aromatic rings. The van der Waals surface area contributed by atoms with Crippen molar-refractivity contribution in [1.29, 1.82) is 0 Å². The van der Waals surface area contributed by atoms with Gasteiger partial charge in [-0.15, -0.1) is 0 Å². The number of benzene rings is 1. The third kappa shape index (κ3) is 3.09. The first-order valence-corrected chi connectivity index (χ1v) is 6.75. The molecule has 1 saturated heterocycles. The number of rotatable bonds is 3. The van der Waals surface area contributed by atoms with Gasteiger partial charge in [-0.2, -0.15) is 0 Å². The summed E-state index contributed by atoms with van der Waals surface area (Å²) in [4.78, 5) is 13.0. The number of nitrogens with zero attached hydrogens (tertiary/aromatic N) is 1. The number of hydrogen-bond donors (Lipinski definition) is 1. The predicted molar refractivity (Wildman–Crippen MR) is 69.7 cm³/mol. The number of hydrogen-bond acceptors (Lipinski definition) is 2. The number of likely N-dealkylation sites (tertiary alicyclic amines) is 1. The van der Waals surface area contributed by atoms with Crippen LogP contribution in [0.15, 0.2) is 22.7 Å². The highest BCUT2D eigenvalue weighted by Gasteiger charge is 2.26. The van der Waals surface area contributed by atoms with Crippen molar-refractivity contribution in [3.63, 3.8) is 0 Å². The van der Waals surface area contributed by atoms with Crippen molar-refractivity contribution < 1.29 is 14.3 Å². The molecule has 18 heavy (non-hydrogen) atoms. The number of carboxylic acids is 1. The first-order valence-electron chi connectivity index (χ1n) is 5.96. The fraction of sp³-hybridized carbons (Fsp3) is 0.462.